The van der Waals surface area contributed by atoms with E-state index < -0.39 is 5.41 Å². The number of nitriles is 1. The number of phenols is 1. The first kappa shape index (κ1) is 13.0. The topological polar surface area (TPSA) is 64.3 Å². The quantitative estimate of drug-likeness (QED) is 0.869. The van der Waals surface area contributed by atoms with Gasteiger partial charge in [0.15, 0.2) is 0 Å². The molecule has 17 heavy (non-hydrogen) atoms. The number of rotatable bonds is 3. The van der Waals surface area contributed by atoms with E-state index >= 15 is 0 Å². The highest BCUT2D eigenvalue weighted by Crippen LogP contribution is 2.25. The van der Waals surface area contributed by atoms with Gasteiger partial charge in [0.1, 0.15) is 11.2 Å². The van der Waals surface area contributed by atoms with Crippen molar-refractivity contribution >= 4 is 11.6 Å². The molecule has 0 radical (unpaired) electrons. The number of amides is 1. The number of carbonyl (C=O) groups is 1. The van der Waals surface area contributed by atoms with E-state index in [0.29, 0.717) is 12.2 Å². The van der Waals surface area contributed by atoms with E-state index in [9.17, 15) is 9.90 Å². The van der Waals surface area contributed by atoms with E-state index in [-0.39, 0.29) is 11.7 Å². The van der Waals surface area contributed by atoms with Crippen molar-refractivity contribution in [3.8, 4) is 11.8 Å². The Bertz CT molecular complexity index is 461. The van der Waals surface area contributed by atoms with Crippen molar-refractivity contribution in [3.05, 3.63) is 24.3 Å². The maximum Gasteiger partial charge on any atom is 0.246 e. The summed E-state index contributed by atoms with van der Waals surface area (Å²) >= 11 is 0. The third-order valence-corrected chi connectivity index (χ3v) is 2.52. The van der Waals surface area contributed by atoms with Crippen LogP contribution in [0.3, 0.4) is 0 Å². The molecular formula is C13H16N2O2. The molecule has 0 aliphatic carbocycles. The van der Waals surface area contributed by atoms with Gasteiger partial charge in [0.05, 0.1) is 6.07 Å². The lowest BCUT2D eigenvalue weighted by Crippen LogP contribution is -2.40. The second kappa shape index (κ2) is 4.88. The van der Waals surface area contributed by atoms with Crippen LogP contribution in [0.1, 0.15) is 20.8 Å². The van der Waals surface area contributed by atoms with Crippen molar-refractivity contribution in [3.63, 3.8) is 0 Å². The molecular weight excluding hydrogens is 216 g/mol. The van der Waals surface area contributed by atoms with Crippen molar-refractivity contribution in [2.24, 2.45) is 5.41 Å². The number of nitrogens with zero attached hydrogens (tertiary/aromatic N) is 2. The molecule has 0 aromatic heterocycles. The Labute approximate surface area is 101 Å². The minimum Gasteiger partial charge on any atom is -0.508 e. The summed E-state index contributed by atoms with van der Waals surface area (Å²) in [5.41, 5.74) is -0.470. The highest BCUT2D eigenvalue weighted by molar-refractivity contribution is 5.98. The molecule has 1 N–H and O–H groups in total. The smallest absolute Gasteiger partial charge is 0.246 e. The van der Waals surface area contributed by atoms with Crippen molar-refractivity contribution < 1.29 is 9.90 Å². The molecule has 1 rings (SSSR count). The Morgan fingerprint density at radius 3 is 2.65 bits per heavy atom. The zero-order valence-electron chi connectivity index (χ0n) is 10.3. The van der Waals surface area contributed by atoms with E-state index in [1.807, 2.05) is 13.0 Å². The number of phenolic OH excluding ortho intramolecular Hbond substituents is 1. The molecule has 0 bridgehead atoms. The first-order valence-corrected chi connectivity index (χ1v) is 5.44. The summed E-state index contributed by atoms with van der Waals surface area (Å²) < 4.78 is 0. The molecule has 0 unspecified atom stereocenters. The fourth-order valence-corrected chi connectivity index (χ4v) is 1.49. The van der Waals surface area contributed by atoms with Crippen LogP contribution in [0, 0.1) is 16.7 Å². The third-order valence-electron chi connectivity index (χ3n) is 2.52. The largest absolute Gasteiger partial charge is 0.508 e. The van der Waals surface area contributed by atoms with Gasteiger partial charge in [0.2, 0.25) is 5.91 Å². The summed E-state index contributed by atoms with van der Waals surface area (Å²) in [7, 11) is 0. The zero-order valence-corrected chi connectivity index (χ0v) is 10.3. The number of anilines is 1. The highest BCUT2D eigenvalue weighted by Gasteiger charge is 2.32. The Morgan fingerprint density at radius 2 is 2.18 bits per heavy atom. The van der Waals surface area contributed by atoms with Gasteiger partial charge in [0, 0.05) is 18.3 Å². The lowest BCUT2D eigenvalue weighted by Gasteiger charge is -2.26. The summed E-state index contributed by atoms with van der Waals surface area (Å²) in [5.74, 6) is -0.170. The Morgan fingerprint density at radius 1 is 1.53 bits per heavy atom. The minimum absolute atomic E-state index is 0.100. The van der Waals surface area contributed by atoms with E-state index in [4.69, 9.17) is 5.26 Å². The number of aromatic hydroxyl groups is 1. The second-order valence-corrected chi connectivity index (χ2v) is 4.31. The van der Waals surface area contributed by atoms with Gasteiger partial charge < -0.3 is 10.0 Å². The average molecular weight is 232 g/mol. The molecule has 4 nitrogen and oxygen atoms in total. The Balaban J connectivity index is 3.10. The van der Waals surface area contributed by atoms with Crippen LogP contribution in [0.25, 0.3) is 0 Å². The molecule has 1 aromatic rings. The van der Waals surface area contributed by atoms with Crippen LogP contribution < -0.4 is 4.90 Å². The minimum atomic E-state index is -1.07. The molecule has 90 valence electrons. The SMILES string of the molecule is CCN(C(=O)C(C)(C)C#N)c1cccc(O)c1. The van der Waals surface area contributed by atoms with Gasteiger partial charge in [-0.15, -0.1) is 0 Å². The maximum atomic E-state index is 12.2. The lowest BCUT2D eigenvalue weighted by molar-refractivity contribution is -0.124. The summed E-state index contributed by atoms with van der Waals surface area (Å²) in [4.78, 5) is 13.6. The Kier molecular flexibility index (Phi) is 3.74. The van der Waals surface area contributed by atoms with Crippen LogP contribution in [-0.4, -0.2) is 17.6 Å². The fourth-order valence-electron chi connectivity index (χ4n) is 1.49. The molecule has 1 aromatic carbocycles. The molecule has 0 saturated heterocycles. The molecule has 0 aliphatic rings. The molecule has 0 saturated carbocycles. The van der Waals surface area contributed by atoms with Gasteiger partial charge in [0.25, 0.3) is 0 Å². The number of benzene rings is 1. The van der Waals surface area contributed by atoms with E-state index in [0.717, 1.165) is 0 Å². The molecule has 0 heterocycles. The Hall–Kier alpha value is -2.02. The third kappa shape index (κ3) is 2.76. The van der Waals surface area contributed by atoms with Crippen molar-refractivity contribution in [2.75, 3.05) is 11.4 Å². The summed E-state index contributed by atoms with van der Waals surface area (Å²) in [5, 5.41) is 18.4. The van der Waals surface area contributed by atoms with Crippen molar-refractivity contribution in [1.82, 2.24) is 0 Å². The second-order valence-electron chi connectivity index (χ2n) is 4.31. The van der Waals surface area contributed by atoms with Crippen molar-refractivity contribution in [1.29, 1.82) is 5.26 Å². The zero-order chi connectivity index (χ0) is 13.1. The predicted molar refractivity (Wildman–Crippen MR) is 65.5 cm³/mol. The molecule has 0 aliphatic heterocycles. The average Bonchev–Trinajstić information content (AvgIpc) is 2.30. The van der Waals surface area contributed by atoms with Crippen LogP contribution in [0.5, 0.6) is 5.75 Å². The molecule has 1 amide bonds. The molecule has 0 fully saturated rings. The maximum absolute atomic E-state index is 12.2. The standard InChI is InChI=1S/C13H16N2O2/c1-4-15(12(17)13(2,3)9-14)10-6-5-7-11(16)8-10/h5-8,16H,4H2,1-3H3. The monoisotopic (exact) mass is 232 g/mol. The van der Waals surface area contributed by atoms with Crippen LogP contribution >= 0.6 is 0 Å². The fraction of sp³-hybridized carbons (Fsp3) is 0.385. The van der Waals surface area contributed by atoms with Crippen LogP contribution in [0.15, 0.2) is 24.3 Å². The van der Waals surface area contributed by atoms with Gasteiger partial charge in [-0.25, -0.2) is 0 Å². The van der Waals surface area contributed by atoms with E-state index in [2.05, 4.69) is 0 Å². The van der Waals surface area contributed by atoms with Crippen molar-refractivity contribution in [2.45, 2.75) is 20.8 Å². The summed E-state index contributed by atoms with van der Waals surface area (Å²) in [6, 6.07) is 8.43. The van der Waals surface area contributed by atoms with Crippen LogP contribution in [0.2, 0.25) is 0 Å². The van der Waals surface area contributed by atoms with Crippen LogP contribution in [0.4, 0.5) is 5.69 Å². The highest BCUT2D eigenvalue weighted by atomic mass is 16.3. The van der Waals surface area contributed by atoms with E-state index in [1.165, 1.54) is 17.0 Å². The summed E-state index contributed by atoms with van der Waals surface area (Å²) in [6.45, 7) is 5.45. The van der Waals surface area contributed by atoms with Gasteiger partial charge in [-0.3, -0.25) is 4.79 Å². The number of carbonyl (C=O) groups excluding carboxylic acids is 1. The van der Waals surface area contributed by atoms with E-state index in [1.54, 1.807) is 26.0 Å². The van der Waals surface area contributed by atoms with Gasteiger partial charge in [-0.2, -0.15) is 5.26 Å². The van der Waals surface area contributed by atoms with Gasteiger partial charge in [-0.05, 0) is 32.9 Å². The number of hydrogen-bond donors (Lipinski definition) is 1. The number of hydrogen-bond acceptors (Lipinski definition) is 3. The van der Waals surface area contributed by atoms with Crippen LogP contribution in [-0.2, 0) is 4.79 Å². The molecule has 4 heteroatoms. The van der Waals surface area contributed by atoms with Gasteiger partial charge in [-0.1, -0.05) is 6.07 Å². The summed E-state index contributed by atoms with van der Waals surface area (Å²) in [6.07, 6.45) is 0. The predicted octanol–water partition coefficient (Wildman–Crippen LogP) is 2.29. The first-order chi connectivity index (χ1) is 7.92. The molecule has 0 spiro atoms. The first-order valence-electron chi connectivity index (χ1n) is 5.44. The van der Waals surface area contributed by atoms with Gasteiger partial charge >= 0.3 is 0 Å². The lowest BCUT2D eigenvalue weighted by atomic mass is 9.93. The normalized spacial score (nSPS) is 10.7. The molecule has 0 atom stereocenters.